The number of rotatable bonds is 3. The van der Waals surface area contributed by atoms with E-state index in [-0.39, 0.29) is 11.7 Å². The molecule has 0 spiro atoms. The highest BCUT2D eigenvalue weighted by molar-refractivity contribution is 6.30. The number of halogens is 3. The molecule has 0 amide bonds. The highest BCUT2D eigenvalue weighted by Gasteiger charge is 2.13. The zero-order valence-corrected chi connectivity index (χ0v) is 8.59. The van der Waals surface area contributed by atoms with Gasteiger partial charge >= 0.3 is 0 Å². The Hall–Kier alpha value is -0.970. The predicted molar refractivity (Wildman–Crippen MR) is 51.1 cm³/mol. The zero-order valence-electron chi connectivity index (χ0n) is 7.84. The molecule has 0 aromatic carbocycles. The first-order valence-corrected chi connectivity index (χ1v) is 4.36. The first kappa shape index (κ1) is 11.1. The number of aromatic nitrogens is 2. The second-order valence-corrected chi connectivity index (χ2v) is 3.24. The van der Waals surface area contributed by atoms with Crippen molar-refractivity contribution < 1.29 is 8.78 Å². The predicted octanol–water partition coefficient (Wildman–Crippen LogP) is 2.14. The minimum atomic E-state index is -2.40. The monoisotopic (exact) mass is 221 g/mol. The van der Waals surface area contributed by atoms with Gasteiger partial charge in [0.05, 0.1) is 6.54 Å². The van der Waals surface area contributed by atoms with E-state index < -0.39 is 6.43 Å². The molecule has 0 fully saturated rings. The maximum absolute atomic E-state index is 12.1. The molecule has 0 bridgehead atoms. The molecule has 0 aliphatic heterocycles. The summed E-state index contributed by atoms with van der Waals surface area (Å²) in [5, 5.41) is 0.288. The lowest BCUT2D eigenvalue weighted by Gasteiger charge is -2.19. The van der Waals surface area contributed by atoms with E-state index in [1.54, 1.807) is 6.92 Å². The summed E-state index contributed by atoms with van der Waals surface area (Å²) in [5.41, 5.74) is 0.609. The Kier molecular flexibility index (Phi) is 3.57. The highest BCUT2D eigenvalue weighted by Crippen LogP contribution is 2.21. The number of anilines is 1. The average molecular weight is 222 g/mol. The Morgan fingerprint density at radius 2 is 2.14 bits per heavy atom. The van der Waals surface area contributed by atoms with Crippen LogP contribution in [-0.4, -0.2) is 30.0 Å². The van der Waals surface area contributed by atoms with E-state index in [1.807, 2.05) is 0 Å². The van der Waals surface area contributed by atoms with Crippen LogP contribution in [0.4, 0.5) is 14.6 Å². The molecule has 0 saturated carbocycles. The number of hydrogen-bond acceptors (Lipinski definition) is 3. The van der Waals surface area contributed by atoms with Crippen molar-refractivity contribution in [3.05, 3.63) is 17.0 Å². The van der Waals surface area contributed by atoms with Crippen LogP contribution in [-0.2, 0) is 0 Å². The first-order valence-electron chi connectivity index (χ1n) is 3.98. The van der Waals surface area contributed by atoms with Crippen LogP contribution in [0, 0.1) is 6.92 Å². The van der Waals surface area contributed by atoms with Crippen LogP contribution < -0.4 is 4.90 Å². The molecule has 1 rings (SSSR count). The summed E-state index contributed by atoms with van der Waals surface area (Å²) in [5.74, 6) is 0.435. The summed E-state index contributed by atoms with van der Waals surface area (Å²) in [6.45, 7) is 1.33. The zero-order chi connectivity index (χ0) is 10.7. The van der Waals surface area contributed by atoms with E-state index >= 15 is 0 Å². The van der Waals surface area contributed by atoms with E-state index in [4.69, 9.17) is 11.6 Å². The van der Waals surface area contributed by atoms with Gasteiger partial charge in [0.25, 0.3) is 6.43 Å². The fraction of sp³-hybridized carbons (Fsp3) is 0.500. The van der Waals surface area contributed by atoms with E-state index in [9.17, 15) is 8.78 Å². The van der Waals surface area contributed by atoms with Gasteiger partial charge in [0, 0.05) is 12.6 Å². The fourth-order valence-electron chi connectivity index (χ4n) is 1.10. The Labute approximate surface area is 85.7 Å². The van der Waals surface area contributed by atoms with Gasteiger partial charge < -0.3 is 4.90 Å². The van der Waals surface area contributed by atoms with Crippen LogP contribution in [0.5, 0.6) is 0 Å². The van der Waals surface area contributed by atoms with Gasteiger partial charge in [-0.15, -0.1) is 0 Å². The summed E-state index contributed by atoms with van der Waals surface area (Å²) < 4.78 is 24.2. The van der Waals surface area contributed by atoms with Crippen LogP contribution >= 0.6 is 11.6 Å². The van der Waals surface area contributed by atoms with Gasteiger partial charge in [-0.3, -0.25) is 0 Å². The third-order valence-electron chi connectivity index (χ3n) is 1.77. The molecule has 1 aromatic rings. The van der Waals surface area contributed by atoms with Crippen molar-refractivity contribution in [2.75, 3.05) is 18.5 Å². The molecular formula is C8H10ClF2N3. The molecule has 0 saturated heterocycles. The lowest BCUT2D eigenvalue weighted by atomic mass is 10.3. The Morgan fingerprint density at radius 3 is 2.71 bits per heavy atom. The molecular weight excluding hydrogens is 212 g/mol. The van der Waals surface area contributed by atoms with E-state index in [1.165, 1.54) is 18.3 Å². The second-order valence-electron chi connectivity index (χ2n) is 2.88. The van der Waals surface area contributed by atoms with Crippen LogP contribution in [0.3, 0.4) is 0 Å². The third-order valence-corrected chi connectivity index (χ3v) is 2.15. The fourth-order valence-corrected chi connectivity index (χ4v) is 1.23. The summed E-state index contributed by atoms with van der Waals surface area (Å²) in [4.78, 5) is 8.98. The highest BCUT2D eigenvalue weighted by atomic mass is 35.5. The Morgan fingerprint density at radius 1 is 1.50 bits per heavy atom. The number of hydrogen-bond donors (Lipinski definition) is 0. The van der Waals surface area contributed by atoms with Gasteiger partial charge in [-0.05, 0) is 6.92 Å². The van der Waals surface area contributed by atoms with Gasteiger partial charge in [-0.25, -0.2) is 18.7 Å². The van der Waals surface area contributed by atoms with E-state index in [0.717, 1.165) is 0 Å². The molecule has 0 N–H and O–H groups in total. The van der Waals surface area contributed by atoms with E-state index in [2.05, 4.69) is 9.97 Å². The van der Waals surface area contributed by atoms with Crippen LogP contribution in [0.25, 0.3) is 0 Å². The lowest BCUT2D eigenvalue weighted by Crippen LogP contribution is -2.25. The minimum Gasteiger partial charge on any atom is -0.354 e. The largest absolute Gasteiger partial charge is 0.354 e. The summed E-state index contributed by atoms with van der Waals surface area (Å²) in [6.07, 6.45) is -1.14. The van der Waals surface area contributed by atoms with Crippen molar-refractivity contribution in [2.24, 2.45) is 0 Å². The standard InChI is InChI=1S/C8H10ClF2N3/c1-5-7(9)12-4-13-8(5)14(2)3-6(10)11/h4,6H,3H2,1-2H3. The van der Waals surface area contributed by atoms with Crippen molar-refractivity contribution >= 4 is 17.4 Å². The number of alkyl halides is 2. The summed E-state index contributed by atoms with van der Waals surface area (Å²) in [6, 6.07) is 0. The van der Waals surface area contributed by atoms with Crippen LogP contribution in [0.1, 0.15) is 5.56 Å². The van der Waals surface area contributed by atoms with Gasteiger partial charge in [-0.2, -0.15) is 0 Å². The smallest absolute Gasteiger partial charge is 0.255 e. The molecule has 1 aromatic heterocycles. The van der Waals surface area contributed by atoms with Crippen molar-refractivity contribution in [3.8, 4) is 0 Å². The van der Waals surface area contributed by atoms with Gasteiger partial charge in [0.2, 0.25) is 0 Å². The van der Waals surface area contributed by atoms with Gasteiger partial charge in [0.1, 0.15) is 17.3 Å². The minimum absolute atomic E-state index is 0.288. The van der Waals surface area contributed by atoms with E-state index in [0.29, 0.717) is 11.4 Å². The SMILES string of the molecule is Cc1c(Cl)ncnc1N(C)CC(F)F. The molecule has 0 atom stereocenters. The topological polar surface area (TPSA) is 29.0 Å². The average Bonchev–Trinajstić information content (AvgIpc) is 2.08. The van der Waals surface area contributed by atoms with Crippen molar-refractivity contribution in [1.82, 2.24) is 9.97 Å². The normalized spacial score (nSPS) is 10.7. The van der Waals surface area contributed by atoms with Gasteiger partial charge in [0.15, 0.2) is 0 Å². The maximum atomic E-state index is 12.1. The second kappa shape index (κ2) is 4.50. The van der Waals surface area contributed by atoms with Gasteiger partial charge in [-0.1, -0.05) is 11.6 Å². The number of nitrogens with zero attached hydrogens (tertiary/aromatic N) is 3. The molecule has 1 heterocycles. The third kappa shape index (κ3) is 2.51. The van der Waals surface area contributed by atoms with Crippen molar-refractivity contribution in [3.63, 3.8) is 0 Å². The summed E-state index contributed by atoms with van der Waals surface area (Å²) in [7, 11) is 1.54. The maximum Gasteiger partial charge on any atom is 0.255 e. The van der Waals surface area contributed by atoms with Crippen LogP contribution in [0.15, 0.2) is 6.33 Å². The molecule has 78 valence electrons. The summed E-state index contributed by atoms with van der Waals surface area (Å²) >= 11 is 5.73. The molecule has 6 heteroatoms. The lowest BCUT2D eigenvalue weighted by molar-refractivity contribution is 0.156. The molecule has 0 aliphatic rings. The molecule has 0 radical (unpaired) electrons. The molecule has 0 unspecified atom stereocenters. The molecule has 3 nitrogen and oxygen atoms in total. The Balaban J connectivity index is 2.89. The van der Waals surface area contributed by atoms with Crippen LogP contribution in [0.2, 0.25) is 5.15 Å². The first-order chi connectivity index (χ1) is 6.52. The molecule has 0 aliphatic carbocycles. The quantitative estimate of drug-likeness (QED) is 0.733. The van der Waals surface area contributed by atoms with Crippen molar-refractivity contribution in [2.45, 2.75) is 13.3 Å². The van der Waals surface area contributed by atoms with Crippen molar-refractivity contribution in [1.29, 1.82) is 0 Å². The Bertz CT molecular complexity index is 319. The molecule has 14 heavy (non-hydrogen) atoms.